The highest BCUT2D eigenvalue weighted by atomic mass is 15.0. The Morgan fingerprint density at radius 3 is 2.38 bits per heavy atom. The van der Waals surface area contributed by atoms with Crippen LogP contribution in [0.5, 0.6) is 0 Å². The van der Waals surface area contributed by atoms with Gasteiger partial charge >= 0.3 is 0 Å². The van der Waals surface area contributed by atoms with Crippen LogP contribution in [0.25, 0.3) is 0 Å². The minimum atomic E-state index is -0.0810. The minimum absolute atomic E-state index is 0.0810. The lowest BCUT2D eigenvalue weighted by atomic mass is 9.87. The van der Waals surface area contributed by atoms with Gasteiger partial charge in [0.15, 0.2) is 0 Å². The molecule has 21 heavy (non-hydrogen) atoms. The quantitative estimate of drug-likeness (QED) is 0.932. The molecule has 2 aromatic heterocycles. The molecule has 0 aliphatic carbocycles. The van der Waals surface area contributed by atoms with Crippen LogP contribution in [-0.2, 0) is 10.8 Å². The summed E-state index contributed by atoms with van der Waals surface area (Å²) in [6, 6.07) is 6.15. The van der Waals surface area contributed by atoms with E-state index in [1.54, 1.807) is 12.5 Å². The molecule has 4 nitrogen and oxygen atoms in total. The standard InChI is InChI=1S/C17H24N4/c1-16(2,3)13-6-9-19-15(10-13)20-11-17(4,5)14-7-8-18-12-21-14/h6-10,12H,11H2,1-5H3,(H,19,20). The fourth-order valence-electron chi connectivity index (χ4n) is 2.09. The Bertz CT molecular complexity index is 585. The van der Waals surface area contributed by atoms with Crippen LogP contribution in [0, 0.1) is 0 Å². The van der Waals surface area contributed by atoms with Crippen molar-refractivity contribution >= 4 is 5.82 Å². The first kappa shape index (κ1) is 15.4. The van der Waals surface area contributed by atoms with Crippen LogP contribution in [0.15, 0.2) is 36.9 Å². The maximum atomic E-state index is 4.41. The molecule has 0 spiro atoms. The maximum absolute atomic E-state index is 4.41. The number of nitrogens with zero attached hydrogens (tertiary/aromatic N) is 3. The highest BCUT2D eigenvalue weighted by Gasteiger charge is 2.22. The average Bonchev–Trinajstić information content (AvgIpc) is 2.46. The van der Waals surface area contributed by atoms with E-state index >= 15 is 0 Å². The summed E-state index contributed by atoms with van der Waals surface area (Å²) < 4.78 is 0. The third-order valence-corrected chi connectivity index (χ3v) is 3.61. The molecule has 4 heteroatoms. The molecule has 112 valence electrons. The Hall–Kier alpha value is -1.97. The summed E-state index contributed by atoms with van der Waals surface area (Å²) in [6.45, 7) is 11.7. The number of pyridine rings is 1. The summed E-state index contributed by atoms with van der Waals surface area (Å²) in [5, 5.41) is 3.42. The molecule has 2 rings (SSSR count). The van der Waals surface area contributed by atoms with Gasteiger partial charge in [0.25, 0.3) is 0 Å². The first-order valence-electron chi connectivity index (χ1n) is 7.26. The summed E-state index contributed by atoms with van der Waals surface area (Å²) in [4.78, 5) is 12.7. The van der Waals surface area contributed by atoms with Crippen LogP contribution < -0.4 is 5.32 Å². The molecular weight excluding hydrogens is 260 g/mol. The van der Waals surface area contributed by atoms with Gasteiger partial charge in [-0.25, -0.2) is 15.0 Å². The fraction of sp³-hybridized carbons (Fsp3) is 0.471. The second-order valence-electron chi connectivity index (χ2n) is 7.01. The third-order valence-electron chi connectivity index (χ3n) is 3.61. The van der Waals surface area contributed by atoms with Crippen molar-refractivity contribution < 1.29 is 0 Å². The SMILES string of the molecule is CC(C)(C)c1ccnc(NCC(C)(C)c2ccncn2)c1. The normalized spacial score (nSPS) is 12.2. The molecule has 1 N–H and O–H groups in total. The molecule has 0 aliphatic heterocycles. The highest BCUT2D eigenvalue weighted by Crippen LogP contribution is 2.25. The number of hydrogen-bond donors (Lipinski definition) is 1. The maximum Gasteiger partial charge on any atom is 0.126 e. The Labute approximate surface area is 127 Å². The lowest BCUT2D eigenvalue weighted by molar-refractivity contribution is 0.535. The topological polar surface area (TPSA) is 50.7 Å². The van der Waals surface area contributed by atoms with Crippen molar-refractivity contribution in [1.29, 1.82) is 0 Å². The van der Waals surface area contributed by atoms with Gasteiger partial charge in [0.05, 0.1) is 5.69 Å². The molecule has 2 aromatic rings. The van der Waals surface area contributed by atoms with Gasteiger partial charge in [-0.05, 0) is 29.2 Å². The summed E-state index contributed by atoms with van der Waals surface area (Å²) in [5.74, 6) is 0.907. The molecule has 0 atom stereocenters. The van der Waals surface area contributed by atoms with Gasteiger partial charge in [0, 0.05) is 24.4 Å². The van der Waals surface area contributed by atoms with Crippen molar-refractivity contribution in [3.05, 3.63) is 48.2 Å². The van der Waals surface area contributed by atoms with Gasteiger partial charge in [-0.15, -0.1) is 0 Å². The van der Waals surface area contributed by atoms with Gasteiger partial charge in [0.2, 0.25) is 0 Å². The summed E-state index contributed by atoms with van der Waals surface area (Å²) >= 11 is 0. The zero-order chi connectivity index (χ0) is 15.5. The van der Waals surface area contributed by atoms with Crippen LogP contribution in [0.2, 0.25) is 0 Å². The monoisotopic (exact) mass is 284 g/mol. The van der Waals surface area contributed by atoms with E-state index in [2.05, 4.69) is 67.0 Å². The summed E-state index contributed by atoms with van der Waals surface area (Å²) in [7, 11) is 0. The lowest BCUT2D eigenvalue weighted by Crippen LogP contribution is -2.29. The van der Waals surface area contributed by atoms with E-state index in [0.717, 1.165) is 18.1 Å². The molecule has 0 amide bonds. The molecule has 0 bridgehead atoms. The van der Waals surface area contributed by atoms with Crippen molar-refractivity contribution in [2.45, 2.75) is 45.4 Å². The van der Waals surface area contributed by atoms with Gasteiger partial charge in [-0.2, -0.15) is 0 Å². The fourth-order valence-corrected chi connectivity index (χ4v) is 2.09. The summed E-state index contributed by atoms with van der Waals surface area (Å²) in [5.41, 5.74) is 2.35. The predicted molar refractivity (Wildman–Crippen MR) is 86.5 cm³/mol. The molecule has 0 unspecified atom stereocenters. The van der Waals surface area contributed by atoms with E-state index in [9.17, 15) is 0 Å². The molecule has 0 radical (unpaired) electrons. The number of rotatable bonds is 4. The molecule has 0 saturated heterocycles. The smallest absolute Gasteiger partial charge is 0.126 e. The zero-order valence-corrected chi connectivity index (χ0v) is 13.5. The minimum Gasteiger partial charge on any atom is -0.369 e. The van der Waals surface area contributed by atoms with E-state index < -0.39 is 0 Å². The molecule has 0 saturated carbocycles. The van der Waals surface area contributed by atoms with Gasteiger partial charge in [-0.1, -0.05) is 34.6 Å². The number of nitrogens with one attached hydrogen (secondary N) is 1. The van der Waals surface area contributed by atoms with Crippen molar-refractivity contribution in [2.75, 3.05) is 11.9 Å². The zero-order valence-electron chi connectivity index (χ0n) is 13.5. The van der Waals surface area contributed by atoms with Gasteiger partial charge < -0.3 is 5.32 Å². The number of aromatic nitrogens is 3. The van der Waals surface area contributed by atoms with Crippen molar-refractivity contribution in [3.63, 3.8) is 0 Å². The lowest BCUT2D eigenvalue weighted by Gasteiger charge is -2.25. The summed E-state index contributed by atoms with van der Waals surface area (Å²) in [6.07, 6.45) is 5.23. The largest absolute Gasteiger partial charge is 0.369 e. The van der Waals surface area contributed by atoms with E-state index in [4.69, 9.17) is 0 Å². The predicted octanol–water partition coefficient (Wildman–Crippen LogP) is 3.56. The van der Waals surface area contributed by atoms with Crippen LogP contribution in [-0.4, -0.2) is 21.5 Å². The first-order chi connectivity index (χ1) is 9.79. The van der Waals surface area contributed by atoms with Crippen molar-refractivity contribution in [3.8, 4) is 0 Å². The van der Waals surface area contributed by atoms with Gasteiger partial charge in [0.1, 0.15) is 12.1 Å². The van der Waals surface area contributed by atoms with Crippen molar-refractivity contribution in [2.24, 2.45) is 0 Å². The molecule has 0 aromatic carbocycles. The number of hydrogen-bond acceptors (Lipinski definition) is 4. The van der Waals surface area contributed by atoms with Crippen LogP contribution in [0.1, 0.15) is 45.9 Å². The van der Waals surface area contributed by atoms with E-state index in [-0.39, 0.29) is 10.8 Å². The third kappa shape index (κ3) is 4.00. The Morgan fingerprint density at radius 2 is 1.76 bits per heavy atom. The van der Waals surface area contributed by atoms with Gasteiger partial charge in [-0.3, -0.25) is 0 Å². The van der Waals surface area contributed by atoms with E-state index in [1.807, 2.05) is 12.3 Å². The second-order valence-corrected chi connectivity index (χ2v) is 7.01. The van der Waals surface area contributed by atoms with E-state index in [1.165, 1.54) is 5.56 Å². The highest BCUT2D eigenvalue weighted by molar-refractivity contribution is 5.40. The molecule has 0 fully saturated rings. The Balaban J connectivity index is 2.10. The van der Waals surface area contributed by atoms with Crippen LogP contribution in [0.3, 0.4) is 0 Å². The number of anilines is 1. The molecule has 0 aliphatic rings. The first-order valence-corrected chi connectivity index (χ1v) is 7.26. The van der Waals surface area contributed by atoms with Crippen LogP contribution in [0.4, 0.5) is 5.82 Å². The molecule has 2 heterocycles. The van der Waals surface area contributed by atoms with Crippen molar-refractivity contribution in [1.82, 2.24) is 15.0 Å². The molecular formula is C17H24N4. The van der Waals surface area contributed by atoms with E-state index in [0.29, 0.717) is 0 Å². The second kappa shape index (κ2) is 5.80. The average molecular weight is 284 g/mol. The Kier molecular flexibility index (Phi) is 4.26. The Morgan fingerprint density at radius 1 is 1.00 bits per heavy atom. The van der Waals surface area contributed by atoms with Crippen LogP contribution >= 0.6 is 0 Å².